The van der Waals surface area contributed by atoms with E-state index in [0.717, 1.165) is 5.56 Å². The highest BCUT2D eigenvalue weighted by Gasteiger charge is 2.13. The average molecular weight is 269 g/mol. The van der Waals surface area contributed by atoms with E-state index in [1.807, 2.05) is 31.2 Å². The molecular formula is C17H19NO2. The summed E-state index contributed by atoms with van der Waals surface area (Å²) in [5, 5.41) is 9.51. The van der Waals surface area contributed by atoms with Crippen LogP contribution in [0.3, 0.4) is 0 Å². The van der Waals surface area contributed by atoms with E-state index in [1.165, 1.54) is 5.56 Å². The van der Waals surface area contributed by atoms with Crippen molar-refractivity contribution in [1.82, 2.24) is 4.90 Å². The van der Waals surface area contributed by atoms with Gasteiger partial charge in [0.2, 0.25) is 0 Å². The second-order valence-corrected chi connectivity index (χ2v) is 5.09. The maximum Gasteiger partial charge on any atom is 0.253 e. The summed E-state index contributed by atoms with van der Waals surface area (Å²) in [4.78, 5) is 14.1. The van der Waals surface area contributed by atoms with Crippen LogP contribution in [0.25, 0.3) is 0 Å². The summed E-state index contributed by atoms with van der Waals surface area (Å²) in [6.07, 6.45) is 0. The lowest BCUT2D eigenvalue weighted by Gasteiger charge is -2.19. The summed E-state index contributed by atoms with van der Waals surface area (Å²) in [6.45, 7) is 4.40. The lowest BCUT2D eigenvalue weighted by Crippen LogP contribution is -2.26. The molecule has 1 N–H and O–H groups in total. The van der Waals surface area contributed by atoms with Crippen LogP contribution in [0, 0.1) is 13.8 Å². The van der Waals surface area contributed by atoms with Gasteiger partial charge in [0.1, 0.15) is 5.75 Å². The second-order valence-electron chi connectivity index (χ2n) is 5.09. The van der Waals surface area contributed by atoms with Crippen molar-refractivity contribution >= 4 is 5.91 Å². The molecule has 0 unspecified atom stereocenters. The zero-order chi connectivity index (χ0) is 14.7. The van der Waals surface area contributed by atoms with Crippen LogP contribution in [-0.2, 0) is 6.54 Å². The summed E-state index contributed by atoms with van der Waals surface area (Å²) in [5.74, 6) is 0.166. The van der Waals surface area contributed by atoms with Gasteiger partial charge in [0, 0.05) is 19.2 Å². The first-order chi connectivity index (χ1) is 9.49. The third-order valence-corrected chi connectivity index (χ3v) is 3.46. The van der Waals surface area contributed by atoms with Gasteiger partial charge < -0.3 is 10.0 Å². The molecule has 20 heavy (non-hydrogen) atoms. The Bertz CT molecular complexity index is 635. The van der Waals surface area contributed by atoms with Crippen molar-refractivity contribution in [3.8, 4) is 5.75 Å². The number of benzene rings is 2. The van der Waals surface area contributed by atoms with E-state index in [2.05, 4.69) is 0 Å². The first kappa shape index (κ1) is 14.1. The number of phenolic OH excluding ortho intramolecular Hbond substituents is 1. The van der Waals surface area contributed by atoms with Crippen molar-refractivity contribution in [2.45, 2.75) is 20.4 Å². The number of carbonyl (C=O) groups is 1. The molecular weight excluding hydrogens is 250 g/mol. The van der Waals surface area contributed by atoms with E-state index in [1.54, 1.807) is 37.1 Å². The number of phenols is 1. The Morgan fingerprint density at radius 2 is 1.80 bits per heavy atom. The number of amides is 1. The topological polar surface area (TPSA) is 40.5 Å². The molecule has 3 nitrogen and oxygen atoms in total. The largest absolute Gasteiger partial charge is 0.508 e. The Kier molecular flexibility index (Phi) is 4.08. The number of carbonyl (C=O) groups excluding carboxylic acids is 1. The Morgan fingerprint density at radius 1 is 1.10 bits per heavy atom. The van der Waals surface area contributed by atoms with Crippen molar-refractivity contribution in [1.29, 1.82) is 0 Å². The van der Waals surface area contributed by atoms with Gasteiger partial charge in [-0.05, 0) is 48.7 Å². The van der Waals surface area contributed by atoms with Gasteiger partial charge >= 0.3 is 0 Å². The van der Waals surface area contributed by atoms with E-state index >= 15 is 0 Å². The molecule has 0 atom stereocenters. The molecule has 0 saturated heterocycles. The van der Waals surface area contributed by atoms with Crippen molar-refractivity contribution in [2.24, 2.45) is 0 Å². The number of rotatable bonds is 3. The van der Waals surface area contributed by atoms with Crippen LogP contribution in [0.15, 0.2) is 42.5 Å². The van der Waals surface area contributed by atoms with E-state index in [0.29, 0.717) is 17.7 Å². The van der Waals surface area contributed by atoms with E-state index in [4.69, 9.17) is 0 Å². The van der Waals surface area contributed by atoms with Crippen LogP contribution in [0.1, 0.15) is 27.0 Å². The standard InChI is InChI=1S/C17H19NO2/c1-12-6-4-5-7-15(12)11-18(3)17(20)14-8-9-16(19)13(2)10-14/h4-10,19H,11H2,1-3H3. The molecule has 104 valence electrons. The van der Waals surface area contributed by atoms with Gasteiger partial charge in [0.05, 0.1) is 0 Å². The van der Waals surface area contributed by atoms with Gasteiger partial charge in [-0.15, -0.1) is 0 Å². The monoisotopic (exact) mass is 269 g/mol. The summed E-state index contributed by atoms with van der Waals surface area (Å²) in [6, 6.07) is 13.0. The highest BCUT2D eigenvalue weighted by atomic mass is 16.3. The molecule has 0 heterocycles. The SMILES string of the molecule is Cc1cc(C(=O)N(C)Cc2ccccc2C)ccc1O. The van der Waals surface area contributed by atoms with Gasteiger partial charge in [0.25, 0.3) is 5.91 Å². The van der Waals surface area contributed by atoms with Crippen LogP contribution in [-0.4, -0.2) is 23.0 Å². The molecule has 0 aliphatic carbocycles. The molecule has 0 aliphatic rings. The predicted molar refractivity (Wildman–Crippen MR) is 79.8 cm³/mol. The molecule has 0 spiro atoms. The highest BCUT2D eigenvalue weighted by Crippen LogP contribution is 2.18. The fraction of sp³-hybridized carbons (Fsp3) is 0.235. The molecule has 0 bridgehead atoms. The van der Waals surface area contributed by atoms with E-state index in [-0.39, 0.29) is 11.7 Å². The molecule has 0 radical (unpaired) electrons. The second kappa shape index (κ2) is 5.78. The minimum atomic E-state index is -0.0450. The summed E-state index contributed by atoms with van der Waals surface area (Å²) >= 11 is 0. The first-order valence-electron chi connectivity index (χ1n) is 6.58. The Labute approximate surface area is 119 Å². The number of aromatic hydroxyl groups is 1. The normalized spacial score (nSPS) is 10.3. The van der Waals surface area contributed by atoms with Crippen LogP contribution < -0.4 is 0 Å². The Morgan fingerprint density at radius 3 is 2.45 bits per heavy atom. The number of hydrogen-bond donors (Lipinski definition) is 1. The zero-order valence-electron chi connectivity index (χ0n) is 12.1. The molecule has 3 heteroatoms. The predicted octanol–water partition coefficient (Wildman–Crippen LogP) is 3.28. The van der Waals surface area contributed by atoms with Gasteiger partial charge in [-0.2, -0.15) is 0 Å². The maximum absolute atomic E-state index is 12.4. The van der Waals surface area contributed by atoms with Crippen molar-refractivity contribution in [2.75, 3.05) is 7.05 Å². The van der Waals surface area contributed by atoms with Crippen LogP contribution in [0.4, 0.5) is 0 Å². The van der Waals surface area contributed by atoms with Gasteiger partial charge in [0.15, 0.2) is 0 Å². The molecule has 2 aromatic rings. The minimum absolute atomic E-state index is 0.0450. The van der Waals surface area contributed by atoms with Crippen LogP contribution >= 0.6 is 0 Å². The van der Waals surface area contributed by atoms with Crippen molar-refractivity contribution < 1.29 is 9.90 Å². The smallest absolute Gasteiger partial charge is 0.253 e. The fourth-order valence-electron chi connectivity index (χ4n) is 2.12. The maximum atomic E-state index is 12.4. The quantitative estimate of drug-likeness (QED) is 0.929. The molecule has 2 aromatic carbocycles. The third-order valence-electron chi connectivity index (χ3n) is 3.46. The highest BCUT2D eigenvalue weighted by molar-refractivity contribution is 5.94. The first-order valence-corrected chi connectivity index (χ1v) is 6.58. The lowest BCUT2D eigenvalue weighted by molar-refractivity contribution is 0.0785. The molecule has 0 aliphatic heterocycles. The third kappa shape index (κ3) is 2.99. The van der Waals surface area contributed by atoms with Crippen LogP contribution in [0.5, 0.6) is 5.75 Å². The number of nitrogens with zero attached hydrogens (tertiary/aromatic N) is 1. The number of aryl methyl sites for hydroxylation is 2. The zero-order valence-corrected chi connectivity index (χ0v) is 12.1. The van der Waals surface area contributed by atoms with Gasteiger partial charge in [-0.1, -0.05) is 24.3 Å². The molecule has 0 aromatic heterocycles. The molecule has 1 amide bonds. The fourth-order valence-corrected chi connectivity index (χ4v) is 2.12. The van der Waals surface area contributed by atoms with Gasteiger partial charge in [-0.3, -0.25) is 4.79 Å². The summed E-state index contributed by atoms with van der Waals surface area (Å²) in [5.41, 5.74) is 3.62. The Balaban J connectivity index is 2.16. The molecule has 0 saturated carbocycles. The lowest BCUT2D eigenvalue weighted by atomic mass is 10.1. The summed E-state index contributed by atoms with van der Waals surface area (Å²) in [7, 11) is 1.79. The van der Waals surface area contributed by atoms with E-state index < -0.39 is 0 Å². The van der Waals surface area contributed by atoms with Crippen molar-refractivity contribution in [3.05, 3.63) is 64.7 Å². The molecule has 0 fully saturated rings. The van der Waals surface area contributed by atoms with Gasteiger partial charge in [-0.25, -0.2) is 0 Å². The average Bonchev–Trinajstić information content (AvgIpc) is 2.43. The summed E-state index contributed by atoms with van der Waals surface area (Å²) < 4.78 is 0. The molecule has 2 rings (SSSR count). The number of hydrogen-bond acceptors (Lipinski definition) is 2. The van der Waals surface area contributed by atoms with Crippen LogP contribution in [0.2, 0.25) is 0 Å². The van der Waals surface area contributed by atoms with Crippen molar-refractivity contribution in [3.63, 3.8) is 0 Å². The Hall–Kier alpha value is -2.29. The van der Waals surface area contributed by atoms with E-state index in [9.17, 15) is 9.90 Å². The minimum Gasteiger partial charge on any atom is -0.508 e.